The Labute approximate surface area is 266 Å². The Bertz CT molecular complexity index is 1490. The van der Waals surface area contributed by atoms with Crippen LogP contribution in [0, 0.1) is 17.0 Å². The van der Waals surface area contributed by atoms with Gasteiger partial charge in [0.2, 0.25) is 0 Å². The molecule has 6 rings (SSSR count). The van der Waals surface area contributed by atoms with E-state index in [1.54, 1.807) is 18.2 Å². The van der Waals surface area contributed by atoms with Gasteiger partial charge in [0, 0.05) is 36.7 Å². The van der Waals surface area contributed by atoms with Gasteiger partial charge in [-0.2, -0.15) is 0 Å². The summed E-state index contributed by atoms with van der Waals surface area (Å²) in [6.45, 7) is 7.60. The molecule has 0 radical (unpaired) electrons. The number of aromatic nitrogens is 2. The van der Waals surface area contributed by atoms with E-state index in [4.69, 9.17) is 28.0 Å². The summed E-state index contributed by atoms with van der Waals surface area (Å²) in [5.41, 5.74) is 1.57. The van der Waals surface area contributed by atoms with Crippen LogP contribution in [0.4, 0.5) is 36.2 Å². The van der Waals surface area contributed by atoms with Crippen molar-refractivity contribution in [2.24, 2.45) is 5.41 Å². The molecule has 4 heterocycles. The third-order valence-electron chi connectivity index (χ3n) is 9.59. The van der Waals surface area contributed by atoms with Gasteiger partial charge in [0.25, 0.3) is 0 Å². The molecule has 3 aliphatic heterocycles. The van der Waals surface area contributed by atoms with Crippen molar-refractivity contribution in [1.29, 1.82) is 0 Å². The van der Waals surface area contributed by atoms with Crippen molar-refractivity contribution in [3.05, 3.63) is 70.0 Å². The minimum absolute atomic E-state index is 0.205. The van der Waals surface area contributed by atoms with Crippen molar-refractivity contribution < 1.29 is 18.0 Å². The van der Waals surface area contributed by atoms with E-state index in [1.807, 2.05) is 19.9 Å². The lowest BCUT2D eigenvalue weighted by atomic mass is 9.70. The molecule has 1 spiro atoms. The van der Waals surface area contributed by atoms with Gasteiger partial charge in [-0.05, 0) is 76.2 Å². The normalized spacial score (nSPS) is 20.8. The van der Waals surface area contributed by atoms with Crippen molar-refractivity contribution in [3.8, 4) is 0 Å². The zero-order valence-corrected chi connectivity index (χ0v) is 26.4. The zero-order valence-electron chi connectivity index (χ0n) is 24.9. The molecular formula is C32H37Cl2F3N6O. The largest absolute Gasteiger partial charge is 0.370 e. The van der Waals surface area contributed by atoms with Gasteiger partial charge in [-0.25, -0.2) is 28.2 Å². The number of likely N-dealkylation sites (tertiary alicyclic amines) is 1. The fourth-order valence-corrected chi connectivity index (χ4v) is 7.18. The molecule has 0 amide bonds. The van der Waals surface area contributed by atoms with E-state index in [0.29, 0.717) is 45.8 Å². The number of hydrogen-bond acceptors (Lipinski definition) is 7. The minimum atomic E-state index is -0.905. The van der Waals surface area contributed by atoms with Gasteiger partial charge < -0.3 is 10.2 Å². The highest BCUT2D eigenvalue weighted by atomic mass is 35.5. The highest BCUT2D eigenvalue weighted by molar-refractivity contribution is 6.37. The molecule has 0 saturated carbocycles. The summed E-state index contributed by atoms with van der Waals surface area (Å²) in [6, 6.07) is 8.92. The standard InChI is InChI=1S/C32H37Cl2F3N6O/c1-31(2,19-35)42-13-9-32(10-14-42)7-11-41(12-8-32)27-17-22(33)25(16-23(27)34)40-28-18-29(39-20-38-28)43-26(6-15-44-43)21-4-3-5-24(36)30(21)37/h3-5,16-18,20,26H,6-15,19H2,1-2H3,(H,38,39,40). The van der Waals surface area contributed by atoms with Crippen molar-refractivity contribution in [2.75, 3.05) is 54.7 Å². The third kappa shape index (κ3) is 6.18. The second-order valence-corrected chi connectivity index (χ2v) is 13.5. The number of nitrogens with zero attached hydrogens (tertiary/aromatic N) is 5. The lowest BCUT2D eigenvalue weighted by Gasteiger charge is -2.50. The summed E-state index contributed by atoms with van der Waals surface area (Å²) in [4.78, 5) is 19.0. The fourth-order valence-electron chi connectivity index (χ4n) is 6.70. The highest BCUT2D eigenvalue weighted by Crippen LogP contribution is 2.45. The number of benzene rings is 2. The molecule has 2 aromatic carbocycles. The molecule has 3 saturated heterocycles. The number of halogens is 5. The molecule has 44 heavy (non-hydrogen) atoms. The van der Waals surface area contributed by atoms with Crippen molar-refractivity contribution >= 4 is 46.2 Å². The number of alkyl halides is 1. The van der Waals surface area contributed by atoms with Crippen LogP contribution in [0.15, 0.2) is 42.7 Å². The van der Waals surface area contributed by atoms with Gasteiger partial charge in [-0.15, -0.1) is 0 Å². The third-order valence-corrected chi connectivity index (χ3v) is 10.2. The average Bonchev–Trinajstić information content (AvgIpc) is 3.51. The SMILES string of the molecule is CC(C)(CF)N1CCC2(CCN(c3cc(Cl)c(Nc4cc(N5OCCC5c5cccc(F)c5F)ncn4)cc3Cl)CC2)CC1. The van der Waals surface area contributed by atoms with E-state index in [9.17, 15) is 13.2 Å². The van der Waals surface area contributed by atoms with Gasteiger partial charge in [0.1, 0.15) is 18.8 Å². The molecule has 1 aromatic heterocycles. The van der Waals surface area contributed by atoms with Gasteiger partial charge in [-0.3, -0.25) is 9.74 Å². The van der Waals surface area contributed by atoms with Crippen LogP contribution in [0.5, 0.6) is 0 Å². The fraction of sp³-hybridized carbons (Fsp3) is 0.500. The maximum atomic E-state index is 14.6. The Morgan fingerprint density at radius 3 is 2.45 bits per heavy atom. The van der Waals surface area contributed by atoms with Crippen molar-refractivity contribution in [2.45, 2.75) is 57.5 Å². The first-order chi connectivity index (χ1) is 21.1. The van der Waals surface area contributed by atoms with E-state index in [2.05, 4.69) is 25.1 Å². The lowest BCUT2D eigenvalue weighted by molar-refractivity contribution is 0.0112. The number of rotatable bonds is 7. The summed E-state index contributed by atoms with van der Waals surface area (Å²) >= 11 is 13.6. The highest BCUT2D eigenvalue weighted by Gasteiger charge is 2.41. The summed E-state index contributed by atoms with van der Waals surface area (Å²) in [7, 11) is 0. The van der Waals surface area contributed by atoms with E-state index in [-0.39, 0.29) is 12.2 Å². The first-order valence-electron chi connectivity index (χ1n) is 15.1. The number of nitrogens with one attached hydrogen (secondary N) is 1. The molecule has 3 fully saturated rings. The maximum Gasteiger partial charge on any atom is 0.164 e. The predicted molar refractivity (Wildman–Crippen MR) is 169 cm³/mol. The number of hydrogen-bond donors (Lipinski definition) is 1. The monoisotopic (exact) mass is 648 g/mol. The van der Waals surface area contributed by atoms with Crippen LogP contribution in [0.1, 0.15) is 57.6 Å². The summed E-state index contributed by atoms with van der Waals surface area (Å²) in [6.07, 6.45) is 6.14. The van der Waals surface area contributed by atoms with Gasteiger partial charge in [0.05, 0.1) is 34.1 Å². The van der Waals surface area contributed by atoms with Crippen LogP contribution in [-0.2, 0) is 4.84 Å². The molecule has 12 heteroatoms. The van der Waals surface area contributed by atoms with Crippen LogP contribution in [-0.4, -0.2) is 59.9 Å². The van der Waals surface area contributed by atoms with Crippen molar-refractivity contribution in [3.63, 3.8) is 0 Å². The quantitative estimate of drug-likeness (QED) is 0.278. The number of piperidine rings is 2. The molecular weight excluding hydrogens is 612 g/mol. The molecule has 0 bridgehead atoms. The molecule has 1 N–H and O–H groups in total. The van der Waals surface area contributed by atoms with Crippen LogP contribution < -0.4 is 15.3 Å². The zero-order chi connectivity index (χ0) is 31.1. The lowest BCUT2D eigenvalue weighted by Crippen LogP contribution is -2.53. The van der Waals surface area contributed by atoms with Crippen LogP contribution in [0.2, 0.25) is 10.0 Å². The molecule has 7 nitrogen and oxygen atoms in total. The van der Waals surface area contributed by atoms with Gasteiger partial charge >= 0.3 is 0 Å². The Kier molecular flexibility index (Phi) is 8.89. The maximum absolute atomic E-state index is 14.6. The number of hydroxylamine groups is 1. The van der Waals surface area contributed by atoms with Crippen LogP contribution >= 0.6 is 23.2 Å². The van der Waals surface area contributed by atoms with Gasteiger partial charge in [-0.1, -0.05) is 35.3 Å². The summed E-state index contributed by atoms with van der Waals surface area (Å²) in [5.74, 6) is -0.961. The Hall–Kier alpha value is -2.79. The first kappa shape index (κ1) is 31.2. The smallest absolute Gasteiger partial charge is 0.164 e. The molecule has 3 aliphatic rings. The average molecular weight is 650 g/mol. The Morgan fingerprint density at radius 1 is 1.00 bits per heavy atom. The second-order valence-electron chi connectivity index (χ2n) is 12.7. The molecule has 3 aromatic rings. The van der Waals surface area contributed by atoms with Crippen molar-refractivity contribution in [1.82, 2.24) is 14.9 Å². The minimum Gasteiger partial charge on any atom is -0.370 e. The molecule has 1 unspecified atom stereocenters. The first-order valence-corrected chi connectivity index (χ1v) is 15.8. The van der Waals surface area contributed by atoms with E-state index in [0.717, 1.165) is 63.6 Å². The van der Waals surface area contributed by atoms with Gasteiger partial charge in [0.15, 0.2) is 17.5 Å². The topological polar surface area (TPSA) is 56.8 Å². The second kappa shape index (κ2) is 12.5. The Morgan fingerprint density at radius 2 is 1.73 bits per heavy atom. The predicted octanol–water partition coefficient (Wildman–Crippen LogP) is 8.12. The van der Waals surface area contributed by atoms with Crippen LogP contribution in [0.3, 0.4) is 0 Å². The summed E-state index contributed by atoms with van der Waals surface area (Å²) in [5, 5.41) is 5.76. The summed E-state index contributed by atoms with van der Waals surface area (Å²) < 4.78 is 42.0. The van der Waals surface area contributed by atoms with Crippen LogP contribution in [0.25, 0.3) is 0 Å². The number of anilines is 4. The molecule has 0 aliphatic carbocycles. The Balaban J connectivity index is 1.12. The van der Waals surface area contributed by atoms with E-state index >= 15 is 0 Å². The van der Waals surface area contributed by atoms with E-state index < -0.39 is 23.2 Å². The van der Waals surface area contributed by atoms with E-state index in [1.165, 1.54) is 17.5 Å². The molecule has 1 atom stereocenters. The molecule has 236 valence electrons.